The number of rotatable bonds is 5. The van der Waals surface area contributed by atoms with Crippen molar-refractivity contribution in [3.05, 3.63) is 48.0 Å². The molecule has 0 spiro atoms. The Morgan fingerprint density at radius 3 is 2.77 bits per heavy atom. The van der Waals surface area contributed by atoms with Crippen molar-refractivity contribution in [2.45, 2.75) is 32.9 Å². The van der Waals surface area contributed by atoms with Gasteiger partial charge < -0.3 is 4.90 Å². The predicted octanol–water partition coefficient (Wildman–Crippen LogP) is 4.31. The Balaban J connectivity index is 1.64. The number of hydrogen-bond acceptors (Lipinski definition) is 3. The lowest BCUT2D eigenvalue weighted by atomic mass is 10.0. The van der Waals surface area contributed by atoms with Crippen LogP contribution in [0, 0.1) is 11.7 Å². The van der Waals surface area contributed by atoms with Gasteiger partial charge in [-0.2, -0.15) is 0 Å². The summed E-state index contributed by atoms with van der Waals surface area (Å²) in [6.07, 6.45) is 4.91. The van der Waals surface area contributed by atoms with E-state index in [0.29, 0.717) is 30.3 Å². The molecule has 3 aromatic rings. The fourth-order valence-electron chi connectivity index (χ4n) is 3.19. The number of alkyl halides is 1. The van der Waals surface area contributed by atoms with Gasteiger partial charge in [0, 0.05) is 23.5 Å². The lowest BCUT2D eigenvalue weighted by Gasteiger charge is -2.36. The number of fused-ring (bicyclic) bond motifs is 1. The predicted molar refractivity (Wildman–Crippen MR) is 99.1 cm³/mol. The van der Waals surface area contributed by atoms with E-state index in [2.05, 4.69) is 30.0 Å². The SMILES string of the molecule is CC(C)CCc1cnc2nn(-c3cc(N4CC(F)C4)ccc3F)cc2c1. The number of aromatic nitrogens is 3. The maximum absolute atomic E-state index is 14.4. The highest BCUT2D eigenvalue weighted by Crippen LogP contribution is 2.27. The van der Waals surface area contributed by atoms with Gasteiger partial charge in [0.15, 0.2) is 5.65 Å². The normalized spacial score (nSPS) is 15.0. The van der Waals surface area contributed by atoms with Crippen LogP contribution < -0.4 is 4.90 Å². The number of aryl methyl sites for hydroxylation is 1. The highest BCUT2D eigenvalue weighted by molar-refractivity contribution is 5.75. The Bertz CT molecular complexity index is 929. The molecule has 1 aliphatic rings. The van der Waals surface area contributed by atoms with Crippen LogP contribution in [-0.2, 0) is 6.42 Å². The van der Waals surface area contributed by atoms with Crippen LogP contribution in [0.2, 0.25) is 0 Å². The van der Waals surface area contributed by atoms with Crippen molar-refractivity contribution in [2.75, 3.05) is 18.0 Å². The van der Waals surface area contributed by atoms with Crippen LogP contribution in [0.3, 0.4) is 0 Å². The summed E-state index contributed by atoms with van der Waals surface area (Å²) < 4.78 is 29.0. The number of benzene rings is 1. The van der Waals surface area contributed by atoms with E-state index in [4.69, 9.17) is 0 Å². The highest BCUT2D eigenvalue weighted by Gasteiger charge is 2.27. The van der Waals surface area contributed by atoms with Crippen molar-refractivity contribution in [1.82, 2.24) is 14.8 Å². The van der Waals surface area contributed by atoms with Crippen molar-refractivity contribution in [3.63, 3.8) is 0 Å². The number of hydrogen-bond donors (Lipinski definition) is 0. The largest absolute Gasteiger partial charge is 0.365 e. The lowest BCUT2D eigenvalue weighted by Crippen LogP contribution is -2.48. The third-order valence-corrected chi connectivity index (χ3v) is 4.80. The smallest absolute Gasteiger partial charge is 0.181 e. The van der Waals surface area contributed by atoms with E-state index in [1.54, 1.807) is 18.3 Å². The molecule has 1 aromatic carbocycles. The zero-order chi connectivity index (χ0) is 18.3. The second-order valence-electron chi connectivity index (χ2n) is 7.40. The monoisotopic (exact) mass is 356 g/mol. The molecule has 4 rings (SSSR count). The summed E-state index contributed by atoms with van der Waals surface area (Å²) in [6, 6.07) is 6.87. The van der Waals surface area contributed by atoms with E-state index in [-0.39, 0.29) is 5.82 Å². The van der Waals surface area contributed by atoms with E-state index in [1.165, 1.54) is 10.7 Å². The average molecular weight is 356 g/mol. The number of halogens is 2. The van der Waals surface area contributed by atoms with Crippen molar-refractivity contribution in [2.24, 2.45) is 5.92 Å². The van der Waals surface area contributed by atoms with Gasteiger partial charge in [-0.1, -0.05) is 13.8 Å². The molecule has 6 heteroatoms. The second-order valence-corrected chi connectivity index (χ2v) is 7.40. The van der Waals surface area contributed by atoms with Gasteiger partial charge in [0.2, 0.25) is 0 Å². The second kappa shape index (κ2) is 6.67. The lowest BCUT2D eigenvalue weighted by molar-refractivity contribution is 0.275. The standard InChI is InChI=1S/C20H22F2N4/c1-13(2)3-4-14-7-15-10-26(24-20(15)23-9-14)19-8-17(5-6-18(19)22)25-11-16(21)12-25/h5-10,13,16H,3-4,11-12H2,1-2H3. The summed E-state index contributed by atoms with van der Waals surface area (Å²) in [4.78, 5) is 6.30. The molecule has 1 fully saturated rings. The Kier molecular flexibility index (Phi) is 4.34. The molecule has 26 heavy (non-hydrogen) atoms. The van der Waals surface area contributed by atoms with Crippen LogP contribution >= 0.6 is 0 Å². The molecule has 4 nitrogen and oxygen atoms in total. The molecule has 0 atom stereocenters. The number of nitrogens with zero attached hydrogens (tertiary/aromatic N) is 4. The van der Waals surface area contributed by atoms with E-state index in [1.807, 2.05) is 11.1 Å². The number of pyridine rings is 1. The Labute approximate surface area is 151 Å². The molecule has 0 bridgehead atoms. The summed E-state index contributed by atoms with van der Waals surface area (Å²) in [5.41, 5.74) is 2.91. The Morgan fingerprint density at radius 1 is 1.23 bits per heavy atom. The molecule has 136 valence electrons. The minimum atomic E-state index is -0.802. The minimum absolute atomic E-state index is 0.353. The van der Waals surface area contributed by atoms with Crippen molar-refractivity contribution < 1.29 is 8.78 Å². The molecule has 2 aromatic heterocycles. The molecule has 0 saturated carbocycles. The molecule has 0 amide bonds. The third kappa shape index (κ3) is 3.28. The van der Waals surface area contributed by atoms with Crippen LogP contribution in [0.15, 0.2) is 36.7 Å². The minimum Gasteiger partial charge on any atom is -0.365 e. The van der Waals surface area contributed by atoms with Gasteiger partial charge in [-0.15, -0.1) is 5.10 Å². The van der Waals surface area contributed by atoms with E-state index >= 15 is 0 Å². The zero-order valence-electron chi connectivity index (χ0n) is 15.0. The van der Waals surface area contributed by atoms with E-state index in [0.717, 1.165) is 29.5 Å². The maximum atomic E-state index is 14.4. The van der Waals surface area contributed by atoms with E-state index < -0.39 is 6.17 Å². The summed E-state index contributed by atoms with van der Waals surface area (Å²) >= 11 is 0. The summed E-state index contributed by atoms with van der Waals surface area (Å²) in [7, 11) is 0. The molecule has 1 saturated heterocycles. The first kappa shape index (κ1) is 16.9. The molecule has 3 heterocycles. The summed E-state index contributed by atoms with van der Waals surface area (Å²) in [5.74, 6) is 0.273. The van der Waals surface area contributed by atoms with E-state index in [9.17, 15) is 8.78 Å². The average Bonchev–Trinajstić information content (AvgIpc) is 3.01. The van der Waals surface area contributed by atoms with Gasteiger partial charge in [0.1, 0.15) is 17.7 Å². The molecule has 0 radical (unpaired) electrons. The van der Waals surface area contributed by atoms with Crippen LogP contribution in [0.1, 0.15) is 25.8 Å². The van der Waals surface area contributed by atoms with Crippen LogP contribution in [-0.4, -0.2) is 34.0 Å². The molecule has 0 unspecified atom stereocenters. The molecular weight excluding hydrogens is 334 g/mol. The Hall–Kier alpha value is -2.50. The van der Waals surface area contributed by atoms with Crippen LogP contribution in [0.25, 0.3) is 16.7 Å². The first-order valence-corrected chi connectivity index (χ1v) is 9.03. The topological polar surface area (TPSA) is 34.0 Å². The molecular formula is C20H22F2N4. The maximum Gasteiger partial charge on any atom is 0.181 e. The fourth-order valence-corrected chi connectivity index (χ4v) is 3.19. The Morgan fingerprint density at radius 2 is 2.04 bits per heavy atom. The van der Waals surface area contributed by atoms with Gasteiger partial charge >= 0.3 is 0 Å². The van der Waals surface area contributed by atoms with Gasteiger partial charge in [-0.05, 0) is 48.6 Å². The van der Waals surface area contributed by atoms with Crippen LogP contribution in [0.4, 0.5) is 14.5 Å². The van der Waals surface area contributed by atoms with Crippen molar-refractivity contribution >= 4 is 16.7 Å². The molecule has 0 aliphatic carbocycles. The summed E-state index contributed by atoms with van der Waals surface area (Å²) in [5, 5.41) is 5.30. The van der Waals surface area contributed by atoms with Gasteiger partial charge in [0.05, 0.1) is 13.1 Å². The summed E-state index contributed by atoms with van der Waals surface area (Å²) in [6.45, 7) is 5.10. The van der Waals surface area contributed by atoms with Gasteiger partial charge in [-0.3, -0.25) is 0 Å². The van der Waals surface area contributed by atoms with Crippen LogP contribution in [0.5, 0.6) is 0 Å². The highest BCUT2D eigenvalue weighted by atomic mass is 19.1. The fraction of sp³-hybridized carbons (Fsp3) is 0.400. The van der Waals surface area contributed by atoms with Crippen molar-refractivity contribution in [3.8, 4) is 5.69 Å². The zero-order valence-corrected chi connectivity index (χ0v) is 15.0. The first-order valence-electron chi connectivity index (χ1n) is 9.03. The molecule has 1 aliphatic heterocycles. The number of anilines is 1. The third-order valence-electron chi connectivity index (χ3n) is 4.80. The van der Waals surface area contributed by atoms with Crippen molar-refractivity contribution in [1.29, 1.82) is 0 Å². The first-order chi connectivity index (χ1) is 12.5. The van der Waals surface area contributed by atoms with Gasteiger partial charge in [-0.25, -0.2) is 18.4 Å². The van der Waals surface area contributed by atoms with Gasteiger partial charge in [0.25, 0.3) is 0 Å². The molecule has 0 N–H and O–H groups in total. The quantitative estimate of drug-likeness (QED) is 0.683.